The Bertz CT molecular complexity index is 1390. The molecule has 0 bridgehead atoms. The summed E-state index contributed by atoms with van der Waals surface area (Å²) < 4.78 is 6.27. The minimum Gasteiger partial charge on any atom is -0.457 e. The van der Waals surface area contributed by atoms with Crippen molar-refractivity contribution in [3.05, 3.63) is 70.9 Å². The summed E-state index contributed by atoms with van der Waals surface area (Å²) in [5.41, 5.74) is 6.97. The third kappa shape index (κ3) is 3.87. The van der Waals surface area contributed by atoms with Crippen LogP contribution in [0.3, 0.4) is 0 Å². The number of amides is 1. The molecule has 2 N–H and O–H groups in total. The quantitative estimate of drug-likeness (QED) is 0.437. The first-order valence-electron chi connectivity index (χ1n) is 12.0. The van der Waals surface area contributed by atoms with E-state index in [2.05, 4.69) is 57.4 Å². The Balaban J connectivity index is 1.24. The van der Waals surface area contributed by atoms with Crippen LogP contribution in [0.2, 0.25) is 0 Å². The van der Waals surface area contributed by atoms with Crippen molar-refractivity contribution in [2.24, 2.45) is 0 Å². The summed E-state index contributed by atoms with van der Waals surface area (Å²) >= 11 is 0. The molecule has 7 heteroatoms. The first-order valence-corrected chi connectivity index (χ1v) is 12.0. The van der Waals surface area contributed by atoms with Crippen molar-refractivity contribution in [3.63, 3.8) is 0 Å². The van der Waals surface area contributed by atoms with Crippen molar-refractivity contribution >= 4 is 28.7 Å². The fourth-order valence-electron chi connectivity index (χ4n) is 4.89. The molecule has 0 saturated carbocycles. The van der Waals surface area contributed by atoms with Crippen molar-refractivity contribution < 1.29 is 9.53 Å². The van der Waals surface area contributed by atoms with E-state index in [1.807, 2.05) is 12.1 Å². The number of aromatic nitrogens is 3. The SMILES string of the molecule is CCCc1ccc2[nH]c(N3CCc4ccc(Oc5ccnc6c5CCC(=O)N6)cc4C3)nc2c1. The van der Waals surface area contributed by atoms with Crippen LogP contribution in [-0.2, 0) is 30.6 Å². The fourth-order valence-corrected chi connectivity index (χ4v) is 4.89. The molecule has 0 atom stereocenters. The second-order valence-corrected chi connectivity index (χ2v) is 9.05. The molecule has 34 heavy (non-hydrogen) atoms. The zero-order chi connectivity index (χ0) is 23.1. The number of nitrogens with zero attached hydrogens (tertiary/aromatic N) is 3. The highest BCUT2D eigenvalue weighted by Crippen LogP contribution is 2.34. The lowest BCUT2D eigenvalue weighted by molar-refractivity contribution is -0.116. The Kier molecular flexibility index (Phi) is 5.17. The van der Waals surface area contributed by atoms with Gasteiger partial charge in [-0.25, -0.2) is 9.97 Å². The molecule has 4 aromatic rings. The second-order valence-electron chi connectivity index (χ2n) is 9.05. The first kappa shape index (κ1) is 20.7. The number of carbonyl (C=O) groups is 1. The van der Waals surface area contributed by atoms with Gasteiger partial charge in [0.2, 0.25) is 11.9 Å². The summed E-state index contributed by atoms with van der Waals surface area (Å²) in [6.45, 7) is 3.90. The smallest absolute Gasteiger partial charge is 0.225 e. The fraction of sp³-hybridized carbons (Fsp3) is 0.296. The molecule has 0 saturated heterocycles. The van der Waals surface area contributed by atoms with Crippen LogP contribution in [0.5, 0.6) is 11.5 Å². The van der Waals surface area contributed by atoms with Crippen molar-refractivity contribution in [1.29, 1.82) is 0 Å². The van der Waals surface area contributed by atoms with E-state index in [1.165, 1.54) is 16.7 Å². The Morgan fingerprint density at radius 1 is 1.06 bits per heavy atom. The van der Waals surface area contributed by atoms with Gasteiger partial charge in [0.25, 0.3) is 0 Å². The van der Waals surface area contributed by atoms with Crippen LogP contribution in [0.15, 0.2) is 48.7 Å². The van der Waals surface area contributed by atoms with Gasteiger partial charge < -0.3 is 19.9 Å². The summed E-state index contributed by atoms with van der Waals surface area (Å²) in [4.78, 5) is 26.7. The second kappa shape index (κ2) is 8.48. The third-order valence-electron chi connectivity index (χ3n) is 6.66. The lowest BCUT2D eigenvalue weighted by Gasteiger charge is -2.29. The van der Waals surface area contributed by atoms with Crippen LogP contribution in [0, 0.1) is 0 Å². The summed E-state index contributed by atoms with van der Waals surface area (Å²) in [6, 6.07) is 14.7. The highest BCUT2D eigenvalue weighted by Gasteiger charge is 2.22. The maximum absolute atomic E-state index is 11.7. The van der Waals surface area contributed by atoms with E-state index in [4.69, 9.17) is 9.72 Å². The predicted octanol–water partition coefficient (Wildman–Crippen LogP) is 5.15. The number of benzene rings is 2. The van der Waals surface area contributed by atoms with Gasteiger partial charge in [0.05, 0.1) is 11.0 Å². The number of anilines is 2. The molecule has 0 radical (unpaired) electrons. The number of hydrogen-bond donors (Lipinski definition) is 2. The molecule has 2 aliphatic heterocycles. The summed E-state index contributed by atoms with van der Waals surface area (Å²) in [7, 11) is 0. The first-order chi connectivity index (χ1) is 16.7. The molecule has 0 fully saturated rings. The maximum atomic E-state index is 11.7. The van der Waals surface area contributed by atoms with Gasteiger partial charge in [-0.1, -0.05) is 25.5 Å². The van der Waals surface area contributed by atoms with Crippen LogP contribution in [0.1, 0.15) is 42.0 Å². The van der Waals surface area contributed by atoms with Crippen molar-refractivity contribution in [3.8, 4) is 11.5 Å². The summed E-state index contributed by atoms with van der Waals surface area (Å²) in [6.07, 6.45) is 5.93. The van der Waals surface area contributed by atoms with Crippen LogP contribution in [-0.4, -0.2) is 27.4 Å². The number of H-pyrrole nitrogens is 1. The van der Waals surface area contributed by atoms with Crippen LogP contribution < -0.4 is 15.0 Å². The zero-order valence-corrected chi connectivity index (χ0v) is 19.2. The average molecular weight is 454 g/mol. The topological polar surface area (TPSA) is 83.1 Å². The molecule has 6 rings (SSSR count). The van der Waals surface area contributed by atoms with Crippen molar-refractivity contribution in [1.82, 2.24) is 15.0 Å². The molecule has 2 aromatic heterocycles. The molecule has 2 aliphatic rings. The number of fused-ring (bicyclic) bond motifs is 3. The van der Waals surface area contributed by atoms with Crippen molar-refractivity contribution in [2.45, 2.75) is 45.6 Å². The number of imidazole rings is 1. The van der Waals surface area contributed by atoms with E-state index in [0.29, 0.717) is 18.7 Å². The monoisotopic (exact) mass is 453 g/mol. The molecule has 172 valence electrons. The standard InChI is InChI=1S/C27H27N5O2/c1-2-3-17-4-8-22-23(14-17)30-27(29-22)32-13-11-18-5-6-20(15-19(18)16-32)34-24-10-12-28-26-21(24)7-9-25(33)31-26/h4-6,8,10,12,14-15H,2-3,7,9,11,13,16H2,1H3,(H,29,30)(H,28,31,33). The molecule has 1 amide bonds. The molecular formula is C27H27N5O2. The summed E-state index contributed by atoms with van der Waals surface area (Å²) in [5, 5.41) is 2.83. The predicted molar refractivity (Wildman–Crippen MR) is 133 cm³/mol. The number of pyridine rings is 1. The van der Waals surface area contributed by atoms with E-state index >= 15 is 0 Å². The van der Waals surface area contributed by atoms with Crippen LogP contribution in [0.4, 0.5) is 11.8 Å². The van der Waals surface area contributed by atoms with E-state index in [1.54, 1.807) is 6.20 Å². The minimum absolute atomic E-state index is 0.00167. The molecule has 0 unspecified atom stereocenters. The number of rotatable bonds is 5. The van der Waals surface area contributed by atoms with Gasteiger partial charge in [0.15, 0.2) is 0 Å². The number of aryl methyl sites for hydroxylation is 1. The van der Waals surface area contributed by atoms with Gasteiger partial charge in [0.1, 0.15) is 17.3 Å². The Labute approximate surface area is 198 Å². The van der Waals surface area contributed by atoms with E-state index in [9.17, 15) is 4.79 Å². The Morgan fingerprint density at radius 2 is 2.00 bits per heavy atom. The number of hydrogen-bond acceptors (Lipinski definition) is 5. The van der Waals surface area contributed by atoms with Gasteiger partial charge >= 0.3 is 0 Å². The molecule has 7 nitrogen and oxygen atoms in total. The van der Waals surface area contributed by atoms with E-state index in [-0.39, 0.29) is 5.91 Å². The third-order valence-corrected chi connectivity index (χ3v) is 6.66. The molecular weight excluding hydrogens is 426 g/mol. The van der Waals surface area contributed by atoms with Gasteiger partial charge in [-0.15, -0.1) is 0 Å². The van der Waals surface area contributed by atoms with Crippen molar-refractivity contribution in [2.75, 3.05) is 16.8 Å². The van der Waals surface area contributed by atoms with Gasteiger partial charge in [0, 0.05) is 31.3 Å². The van der Waals surface area contributed by atoms with Gasteiger partial charge in [-0.2, -0.15) is 0 Å². The maximum Gasteiger partial charge on any atom is 0.225 e. The molecule has 0 spiro atoms. The normalized spacial score (nSPS) is 15.1. The molecule has 0 aliphatic carbocycles. The van der Waals surface area contributed by atoms with Crippen LogP contribution in [0.25, 0.3) is 11.0 Å². The number of ether oxygens (including phenoxy) is 1. The largest absolute Gasteiger partial charge is 0.457 e. The number of carbonyl (C=O) groups excluding carboxylic acids is 1. The Morgan fingerprint density at radius 3 is 2.91 bits per heavy atom. The molecule has 4 heterocycles. The average Bonchev–Trinajstić information content (AvgIpc) is 3.27. The van der Waals surface area contributed by atoms with Crippen LogP contribution >= 0.6 is 0 Å². The van der Waals surface area contributed by atoms with E-state index < -0.39 is 0 Å². The highest BCUT2D eigenvalue weighted by molar-refractivity contribution is 5.93. The number of nitrogens with one attached hydrogen (secondary N) is 2. The lowest BCUT2D eigenvalue weighted by Crippen LogP contribution is -2.31. The van der Waals surface area contributed by atoms with Gasteiger partial charge in [-0.3, -0.25) is 4.79 Å². The highest BCUT2D eigenvalue weighted by atomic mass is 16.5. The number of aromatic amines is 1. The van der Waals surface area contributed by atoms with E-state index in [0.717, 1.165) is 66.4 Å². The zero-order valence-electron chi connectivity index (χ0n) is 19.2. The minimum atomic E-state index is -0.00167. The van der Waals surface area contributed by atoms with Gasteiger partial charge in [-0.05, 0) is 66.3 Å². The summed E-state index contributed by atoms with van der Waals surface area (Å²) in [5.74, 6) is 3.06. The molecule has 2 aromatic carbocycles. The Hall–Kier alpha value is -3.87. The lowest BCUT2D eigenvalue weighted by atomic mass is 9.99.